The van der Waals surface area contributed by atoms with E-state index in [1.807, 2.05) is 0 Å². The van der Waals surface area contributed by atoms with E-state index in [1.54, 1.807) is 0 Å². The average Bonchev–Trinajstić information content (AvgIpc) is 4.19. The predicted molar refractivity (Wildman–Crippen MR) is 309 cm³/mol. The molecule has 2 aliphatic rings. The molecular formula is C71H52N2O. The van der Waals surface area contributed by atoms with Gasteiger partial charge in [-0.1, -0.05) is 168 Å². The molecule has 11 aromatic carbocycles. The Kier molecular flexibility index (Phi) is 10.00. The molecule has 1 spiro atoms. The lowest BCUT2D eigenvalue weighted by molar-refractivity contribution is 0.668. The minimum atomic E-state index is -0.601. The molecule has 74 heavy (non-hydrogen) atoms. The molecule has 0 unspecified atom stereocenters. The summed E-state index contributed by atoms with van der Waals surface area (Å²) in [6, 6.07) is 90.1. The minimum absolute atomic E-state index is 0.601. The van der Waals surface area contributed by atoms with Gasteiger partial charge in [-0.3, -0.25) is 0 Å². The second kappa shape index (κ2) is 17.0. The summed E-state index contributed by atoms with van der Waals surface area (Å²) in [6.07, 6.45) is 0. The Morgan fingerprint density at radius 1 is 0.297 bits per heavy atom. The van der Waals surface area contributed by atoms with E-state index in [2.05, 4.69) is 280 Å². The van der Waals surface area contributed by atoms with Crippen molar-refractivity contribution in [2.45, 2.75) is 33.1 Å². The number of furan rings is 1. The van der Waals surface area contributed by atoms with Crippen LogP contribution in [-0.4, -0.2) is 0 Å². The fourth-order valence-corrected chi connectivity index (χ4v) is 12.1. The second-order valence-electron chi connectivity index (χ2n) is 20.4. The molecule has 0 saturated heterocycles. The Morgan fingerprint density at radius 2 is 0.689 bits per heavy atom. The van der Waals surface area contributed by atoms with Crippen LogP contribution in [0.2, 0.25) is 0 Å². The molecule has 3 nitrogen and oxygen atoms in total. The first-order valence-corrected chi connectivity index (χ1v) is 25.7. The number of fused-ring (bicyclic) bond motifs is 14. The first-order chi connectivity index (χ1) is 36.3. The average molecular weight is 949 g/mol. The van der Waals surface area contributed by atoms with Gasteiger partial charge in [0.15, 0.2) is 0 Å². The van der Waals surface area contributed by atoms with Crippen molar-refractivity contribution in [3.63, 3.8) is 0 Å². The number of anilines is 6. The van der Waals surface area contributed by atoms with Gasteiger partial charge in [-0.05, 0) is 192 Å². The Hall–Kier alpha value is -9.18. The highest BCUT2D eigenvalue weighted by Crippen LogP contribution is 2.65. The molecule has 0 fully saturated rings. The lowest BCUT2D eigenvalue weighted by Crippen LogP contribution is -2.26. The van der Waals surface area contributed by atoms with Crippen LogP contribution in [0.4, 0.5) is 34.1 Å². The zero-order chi connectivity index (χ0) is 49.7. The number of hydrogen-bond donors (Lipinski definition) is 0. The zero-order valence-corrected chi connectivity index (χ0v) is 41.9. The van der Waals surface area contributed by atoms with Crippen molar-refractivity contribution in [2.24, 2.45) is 0 Å². The van der Waals surface area contributed by atoms with Gasteiger partial charge in [-0.25, -0.2) is 0 Å². The standard InChI is InChI=1S/C71H52N2O/c1-45-13-27-53(28-14-45)72(54-29-15-46(2)16-30-54)57-35-21-49(22-36-57)51-25-39-59-60-40-26-52(50-23-37-58(38-24-50)73(55-31-17-47(3)18-32-55)56-33-19-48(4)20-34-56)44-66(60)71(65(59)43-51)63-11-7-5-9-61(63)69-64(71)41-42-68-70(69)62-10-6-8-12-67(62)74-68/h5-44H,1-4H3. The number of para-hydroxylation sites is 1. The van der Waals surface area contributed by atoms with Crippen LogP contribution in [0.15, 0.2) is 247 Å². The molecule has 0 bridgehead atoms. The molecule has 2 aliphatic carbocycles. The van der Waals surface area contributed by atoms with Gasteiger partial charge in [0.05, 0.1) is 5.41 Å². The third-order valence-corrected chi connectivity index (χ3v) is 15.8. The van der Waals surface area contributed by atoms with Gasteiger partial charge in [0.2, 0.25) is 0 Å². The van der Waals surface area contributed by atoms with Gasteiger partial charge >= 0.3 is 0 Å². The van der Waals surface area contributed by atoms with E-state index in [-0.39, 0.29) is 0 Å². The van der Waals surface area contributed by atoms with Crippen LogP contribution in [0.1, 0.15) is 44.5 Å². The van der Waals surface area contributed by atoms with Gasteiger partial charge in [0.1, 0.15) is 11.2 Å². The molecule has 14 rings (SSSR count). The van der Waals surface area contributed by atoms with E-state index in [0.29, 0.717) is 0 Å². The highest BCUT2D eigenvalue weighted by molar-refractivity contribution is 6.16. The Morgan fingerprint density at radius 3 is 1.15 bits per heavy atom. The molecule has 0 radical (unpaired) electrons. The summed E-state index contributed by atoms with van der Waals surface area (Å²) < 4.78 is 6.62. The lowest BCUT2D eigenvalue weighted by atomic mass is 9.70. The maximum Gasteiger partial charge on any atom is 0.136 e. The molecule has 0 N–H and O–H groups in total. The fourth-order valence-electron chi connectivity index (χ4n) is 12.1. The maximum absolute atomic E-state index is 6.62. The van der Waals surface area contributed by atoms with Crippen LogP contribution < -0.4 is 9.80 Å². The molecule has 352 valence electrons. The Bertz CT molecular complexity index is 3850. The summed E-state index contributed by atoms with van der Waals surface area (Å²) in [6.45, 7) is 8.56. The summed E-state index contributed by atoms with van der Waals surface area (Å²) in [5, 5.41) is 2.32. The highest BCUT2D eigenvalue weighted by Gasteiger charge is 2.52. The first kappa shape index (κ1) is 43.6. The topological polar surface area (TPSA) is 19.6 Å². The van der Waals surface area contributed by atoms with Crippen molar-refractivity contribution in [1.82, 2.24) is 0 Å². The second-order valence-corrected chi connectivity index (χ2v) is 20.4. The fraction of sp³-hybridized carbons (Fsp3) is 0.0704. The molecule has 1 aromatic heterocycles. The van der Waals surface area contributed by atoms with E-state index in [0.717, 1.165) is 50.7 Å². The monoisotopic (exact) mass is 948 g/mol. The van der Waals surface area contributed by atoms with Crippen LogP contribution in [0.5, 0.6) is 0 Å². The Balaban J connectivity index is 0.931. The number of hydrogen-bond acceptors (Lipinski definition) is 3. The molecular weight excluding hydrogens is 897 g/mol. The summed E-state index contributed by atoms with van der Waals surface area (Å²) in [7, 11) is 0. The van der Waals surface area contributed by atoms with Gasteiger partial charge in [0, 0.05) is 44.9 Å². The van der Waals surface area contributed by atoms with Gasteiger partial charge in [-0.15, -0.1) is 0 Å². The largest absolute Gasteiger partial charge is 0.456 e. The van der Waals surface area contributed by atoms with Gasteiger partial charge in [-0.2, -0.15) is 0 Å². The van der Waals surface area contributed by atoms with Crippen molar-refractivity contribution < 1.29 is 4.42 Å². The van der Waals surface area contributed by atoms with Crippen molar-refractivity contribution >= 4 is 56.1 Å². The van der Waals surface area contributed by atoms with Crippen molar-refractivity contribution in [1.29, 1.82) is 0 Å². The van der Waals surface area contributed by atoms with Crippen molar-refractivity contribution in [3.05, 3.63) is 287 Å². The quantitative estimate of drug-likeness (QED) is 0.151. The Labute approximate surface area is 432 Å². The van der Waals surface area contributed by atoms with Crippen molar-refractivity contribution in [3.8, 4) is 44.5 Å². The molecule has 0 atom stereocenters. The van der Waals surface area contributed by atoms with Crippen molar-refractivity contribution in [2.75, 3.05) is 9.80 Å². The van der Waals surface area contributed by atoms with Gasteiger partial charge in [0.25, 0.3) is 0 Å². The number of aryl methyl sites for hydroxylation is 4. The lowest BCUT2D eigenvalue weighted by Gasteiger charge is -2.31. The summed E-state index contributed by atoms with van der Waals surface area (Å²) in [5.41, 5.74) is 27.8. The SMILES string of the molecule is Cc1ccc(N(c2ccc(C)cc2)c2ccc(-c3ccc4c(c3)C3(c5cc(-c6ccc(N(c7ccc(C)cc7)c7ccc(C)cc7)cc6)ccc5-4)c4ccccc4-c4c3ccc3oc5ccccc5c43)cc2)cc1. The normalized spacial score (nSPS) is 12.7. The van der Waals surface area contributed by atoms with E-state index in [4.69, 9.17) is 4.42 Å². The van der Waals surface area contributed by atoms with E-state index in [1.165, 1.54) is 94.4 Å². The summed E-state index contributed by atoms with van der Waals surface area (Å²) in [5.74, 6) is 0. The zero-order valence-electron chi connectivity index (χ0n) is 41.9. The third-order valence-electron chi connectivity index (χ3n) is 15.8. The molecule has 3 heteroatoms. The summed E-state index contributed by atoms with van der Waals surface area (Å²) in [4.78, 5) is 4.69. The van der Waals surface area contributed by atoms with E-state index < -0.39 is 5.41 Å². The third kappa shape index (κ3) is 6.81. The molecule has 0 amide bonds. The van der Waals surface area contributed by atoms with Crippen LogP contribution in [0, 0.1) is 27.7 Å². The number of nitrogens with zero attached hydrogens (tertiary/aromatic N) is 2. The predicted octanol–water partition coefficient (Wildman–Crippen LogP) is 19.4. The number of benzene rings is 11. The van der Waals surface area contributed by atoms with Crippen LogP contribution in [-0.2, 0) is 5.41 Å². The van der Waals surface area contributed by atoms with E-state index >= 15 is 0 Å². The molecule has 12 aromatic rings. The maximum atomic E-state index is 6.62. The van der Waals surface area contributed by atoms with Crippen LogP contribution >= 0.6 is 0 Å². The highest BCUT2D eigenvalue weighted by atomic mass is 16.3. The van der Waals surface area contributed by atoms with Crippen LogP contribution in [0.25, 0.3) is 66.4 Å². The first-order valence-electron chi connectivity index (χ1n) is 25.7. The number of rotatable bonds is 8. The summed E-state index contributed by atoms with van der Waals surface area (Å²) >= 11 is 0. The van der Waals surface area contributed by atoms with E-state index in [9.17, 15) is 0 Å². The molecule has 1 heterocycles. The smallest absolute Gasteiger partial charge is 0.136 e. The molecule has 0 saturated carbocycles. The van der Waals surface area contributed by atoms with Gasteiger partial charge < -0.3 is 14.2 Å². The van der Waals surface area contributed by atoms with Crippen LogP contribution in [0.3, 0.4) is 0 Å². The minimum Gasteiger partial charge on any atom is -0.456 e. The molecule has 0 aliphatic heterocycles.